The number of anilines is 1. The summed E-state index contributed by atoms with van der Waals surface area (Å²) in [7, 11) is 0. The van der Waals surface area contributed by atoms with E-state index in [4.69, 9.17) is 4.74 Å². The van der Waals surface area contributed by atoms with E-state index in [0.29, 0.717) is 10.6 Å². The predicted molar refractivity (Wildman–Crippen MR) is 117 cm³/mol. The van der Waals surface area contributed by atoms with E-state index in [0.717, 1.165) is 5.56 Å². The lowest BCUT2D eigenvalue weighted by atomic mass is 10.1. The molecule has 0 fully saturated rings. The van der Waals surface area contributed by atoms with Crippen LogP contribution < -0.4 is 10.6 Å². The van der Waals surface area contributed by atoms with Crippen LogP contribution in [0, 0.1) is 5.82 Å². The summed E-state index contributed by atoms with van der Waals surface area (Å²) in [6, 6.07) is 15.1. The Balaban J connectivity index is 1.53. The predicted octanol–water partition coefficient (Wildman–Crippen LogP) is 4.56. The molecule has 1 aromatic heterocycles. The lowest BCUT2D eigenvalue weighted by molar-refractivity contribution is -0.129. The third-order valence-corrected chi connectivity index (χ3v) is 5.37. The van der Waals surface area contributed by atoms with Crippen molar-refractivity contribution in [2.45, 2.75) is 26.0 Å². The molecule has 0 bridgehead atoms. The minimum atomic E-state index is -1.02. The molecule has 0 spiro atoms. The zero-order valence-corrected chi connectivity index (χ0v) is 17.7. The smallest absolute Gasteiger partial charge is 0.338 e. The van der Waals surface area contributed by atoms with Gasteiger partial charge in [0.1, 0.15) is 5.82 Å². The maximum absolute atomic E-state index is 13.0. The van der Waals surface area contributed by atoms with Gasteiger partial charge in [0.25, 0.3) is 11.8 Å². The van der Waals surface area contributed by atoms with Crippen LogP contribution in [-0.4, -0.2) is 23.9 Å². The van der Waals surface area contributed by atoms with Crippen molar-refractivity contribution in [1.29, 1.82) is 0 Å². The van der Waals surface area contributed by atoms with Crippen LogP contribution in [0.15, 0.2) is 66.0 Å². The first-order valence-electron chi connectivity index (χ1n) is 9.55. The van der Waals surface area contributed by atoms with Gasteiger partial charge in [0.15, 0.2) is 6.10 Å². The second-order valence-corrected chi connectivity index (χ2v) is 7.79. The summed E-state index contributed by atoms with van der Waals surface area (Å²) >= 11 is 1.33. The maximum atomic E-state index is 13.0. The molecule has 0 aliphatic carbocycles. The van der Waals surface area contributed by atoms with Crippen molar-refractivity contribution in [2.24, 2.45) is 0 Å². The average Bonchev–Trinajstić information content (AvgIpc) is 3.29. The van der Waals surface area contributed by atoms with E-state index in [1.807, 2.05) is 5.38 Å². The molecule has 160 valence electrons. The Bertz CT molecular complexity index is 1050. The topological polar surface area (TPSA) is 84.5 Å². The molecule has 3 rings (SSSR count). The molecule has 0 saturated carbocycles. The van der Waals surface area contributed by atoms with Crippen molar-refractivity contribution >= 4 is 34.8 Å². The van der Waals surface area contributed by atoms with Crippen molar-refractivity contribution in [3.05, 3.63) is 87.9 Å². The molecule has 2 unspecified atom stereocenters. The Hall–Kier alpha value is -3.52. The summed E-state index contributed by atoms with van der Waals surface area (Å²) in [6.45, 7) is 3.23. The zero-order valence-electron chi connectivity index (χ0n) is 16.9. The molecule has 0 aliphatic heterocycles. The van der Waals surface area contributed by atoms with Gasteiger partial charge in [-0.05, 0) is 67.3 Å². The Morgan fingerprint density at radius 2 is 1.65 bits per heavy atom. The fourth-order valence-electron chi connectivity index (χ4n) is 2.74. The Morgan fingerprint density at radius 1 is 0.968 bits per heavy atom. The molecule has 2 atom stereocenters. The van der Waals surface area contributed by atoms with Gasteiger partial charge < -0.3 is 15.4 Å². The molecule has 8 heteroatoms. The SMILES string of the molecule is CC(OC(=O)c1ccc(NC(=O)c2cccs2)cc1)C(=O)NC(C)c1ccc(F)cc1. The van der Waals surface area contributed by atoms with Crippen LogP contribution >= 0.6 is 11.3 Å². The number of nitrogens with one attached hydrogen (secondary N) is 2. The summed E-state index contributed by atoms with van der Waals surface area (Å²) in [5.41, 5.74) is 1.52. The van der Waals surface area contributed by atoms with Gasteiger partial charge in [-0.1, -0.05) is 18.2 Å². The van der Waals surface area contributed by atoms with E-state index >= 15 is 0 Å². The zero-order chi connectivity index (χ0) is 22.4. The number of hydrogen-bond donors (Lipinski definition) is 2. The quantitative estimate of drug-likeness (QED) is 0.528. The standard InChI is InChI=1S/C23H21FN2O4S/c1-14(16-5-9-18(24)10-6-16)25-21(27)15(2)30-23(29)17-7-11-19(12-8-17)26-22(28)20-4-3-13-31-20/h3-15H,1-2H3,(H,25,27)(H,26,28). The molecule has 6 nitrogen and oxygen atoms in total. The number of halogens is 1. The molecular formula is C23H21FN2O4S. The molecule has 2 aromatic carbocycles. The fraction of sp³-hybridized carbons (Fsp3) is 0.174. The van der Waals surface area contributed by atoms with E-state index in [2.05, 4.69) is 10.6 Å². The highest BCUT2D eigenvalue weighted by molar-refractivity contribution is 7.12. The van der Waals surface area contributed by atoms with E-state index in [1.165, 1.54) is 42.5 Å². The van der Waals surface area contributed by atoms with Crippen LogP contribution in [0.2, 0.25) is 0 Å². The summed E-state index contributed by atoms with van der Waals surface area (Å²) in [6.07, 6.45) is -1.02. The first kappa shape index (κ1) is 22.2. The number of hydrogen-bond acceptors (Lipinski definition) is 5. The number of thiophene rings is 1. The summed E-state index contributed by atoms with van der Waals surface area (Å²) in [5, 5.41) is 7.28. The Kier molecular flexibility index (Phi) is 7.15. The third kappa shape index (κ3) is 5.99. The Morgan fingerprint density at radius 3 is 2.26 bits per heavy atom. The molecule has 0 aliphatic rings. The van der Waals surface area contributed by atoms with Crippen LogP contribution in [0.4, 0.5) is 10.1 Å². The molecule has 3 aromatic rings. The monoisotopic (exact) mass is 440 g/mol. The maximum Gasteiger partial charge on any atom is 0.338 e. The molecule has 1 heterocycles. The van der Waals surface area contributed by atoms with Gasteiger partial charge in [0.2, 0.25) is 0 Å². The second kappa shape index (κ2) is 9.99. The van der Waals surface area contributed by atoms with E-state index in [-0.39, 0.29) is 23.3 Å². The highest BCUT2D eigenvalue weighted by atomic mass is 32.1. The van der Waals surface area contributed by atoms with Gasteiger partial charge in [0, 0.05) is 5.69 Å². The molecular weight excluding hydrogens is 419 g/mol. The van der Waals surface area contributed by atoms with Crippen LogP contribution in [0.5, 0.6) is 0 Å². The van der Waals surface area contributed by atoms with Crippen LogP contribution in [0.3, 0.4) is 0 Å². The lowest BCUT2D eigenvalue weighted by Crippen LogP contribution is -2.37. The van der Waals surface area contributed by atoms with Gasteiger partial charge in [-0.15, -0.1) is 11.3 Å². The van der Waals surface area contributed by atoms with Gasteiger partial charge in [0.05, 0.1) is 16.5 Å². The first-order chi connectivity index (χ1) is 14.8. The molecule has 2 amide bonds. The van der Waals surface area contributed by atoms with Crippen LogP contribution in [-0.2, 0) is 9.53 Å². The third-order valence-electron chi connectivity index (χ3n) is 4.51. The second-order valence-electron chi connectivity index (χ2n) is 6.84. The number of esters is 1. The average molecular weight is 440 g/mol. The van der Waals surface area contributed by atoms with Gasteiger partial charge in [-0.25, -0.2) is 9.18 Å². The van der Waals surface area contributed by atoms with Crippen LogP contribution in [0.1, 0.15) is 45.5 Å². The minimum Gasteiger partial charge on any atom is -0.449 e. The summed E-state index contributed by atoms with van der Waals surface area (Å²) in [4.78, 5) is 37.3. The molecule has 0 radical (unpaired) electrons. The highest BCUT2D eigenvalue weighted by Crippen LogP contribution is 2.16. The van der Waals surface area contributed by atoms with E-state index < -0.39 is 18.0 Å². The van der Waals surface area contributed by atoms with Crippen molar-refractivity contribution < 1.29 is 23.5 Å². The van der Waals surface area contributed by atoms with E-state index in [9.17, 15) is 18.8 Å². The minimum absolute atomic E-state index is 0.231. The normalized spacial score (nSPS) is 12.5. The number of carbonyl (C=O) groups excluding carboxylic acids is 3. The highest BCUT2D eigenvalue weighted by Gasteiger charge is 2.21. The fourth-order valence-corrected chi connectivity index (χ4v) is 3.36. The first-order valence-corrected chi connectivity index (χ1v) is 10.4. The van der Waals surface area contributed by atoms with Gasteiger partial charge >= 0.3 is 5.97 Å². The number of rotatable bonds is 7. The number of carbonyl (C=O) groups is 3. The number of ether oxygens (including phenoxy) is 1. The van der Waals surface area contributed by atoms with Crippen molar-refractivity contribution in [3.8, 4) is 0 Å². The van der Waals surface area contributed by atoms with Crippen molar-refractivity contribution in [2.75, 3.05) is 5.32 Å². The van der Waals surface area contributed by atoms with Gasteiger partial charge in [-0.2, -0.15) is 0 Å². The summed E-state index contributed by atoms with van der Waals surface area (Å²) < 4.78 is 18.3. The molecule has 0 saturated heterocycles. The number of benzene rings is 2. The van der Waals surface area contributed by atoms with Crippen molar-refractivity contribution in [1.82, 2.24) is 5.32 Å². The van der Waals surface area contributed by atoms with Gasteiger partial charge in [-0.3, -0.25) is 9.59 Å². The molecule has 31 heavy (non-hydrogen) atoms. The van der Waals surface area contributed by atoms with E-state index in [1.54, 1.807) is 43.3 Å². The Labute approximate surface area is 183 Å². The largest absolute Gasteiger partial charge is 0.449 e. The summed E-state index contributed by atoms with van der Waals surface area (Å²) in [5.74, 6) is -1.72. The van der Waals surface area contributed by atoms with Crippen molar-refractivity contribution in [3.63, 3.8) is 0 Å². The molecule has 2 N–H and O–H groups in total. The van der Waals surface area contributed by atoms with Crippen LogP contribution in [0.25, 0.3) is 0 Å². The number of amides is 2. The lowest BCUT2D eigenvalue weighted by Gasteiger charge is -2.18.